The highest BCUT2D eigenvalue weighted by atomic mass is 32.1. The van der Waals surface area contributed by atoms with Crippen molar-refractivity contribution in [1.29, 1.82) is 0 Å². The van der Waals surface area contributed by atoms with Crippen LogP contribution >= 0.6 is 11.3 Å². The Bertz CT molecular complexity index is 810. The van der Waals surface area contributed by atoms with Gasteiger partial charge in [-0.2, -0.15) is 0 Å². The highest BCUT2D eigenvalue weighted by Crippen LogP contribution is 2.44. The minimum Gasteiger partial charge on any atom is -0.454 e. The molecule has 0 N–H and O–H groups in total. The van der Waals surface area contributed by atoms with E-state index in [4.69, 9.17) is 9.47 Å². The van der Waals surface area contributed by atoms with Crippen LogP contribution in [0.4, 0.5) is 5.69 Å². The van der Waals surface area contributed by atoms with Crippen molar-refractivity contribution >= 4 is 22.9 Å². The monoisotopic (exact) mass is 357 g/mol. The van der Waals surface area contributed by atoms with Crippen molar-refractivity contribution in [3.8, 4) is 11.5 Å². The number of aromatic nitrogens is 1. The third-order valence-corrected chi connectivity index (χ3v) is 6.11. The topological polar surface area (TPSA) is 54.9 Å². The van der Waals surface area contributed by atoms with Gasteiger partial charge < -0.3 is 14.4 Å². The summed E-state index contributed by atoms with van der Waals surface area (Å²) in [5, 5.41) is 3.16. The van der Waals surface area contributed by atoms with E-state index in [1.54, 1.807) is 11.3 Å². The number of hydrogen-bond donors (Lipinski definition) is 0. The van der Waals surface area contributed by atoms with Gasteiger partial charge in [-0.3, -0.25) is 9.69 Å². The van der Waals surface area contributed by atoms with E-state index in [1.165, 1.54) is 0 Å². The SMILES string of the molecule is O=C1C[C@@]2(CCN(Cc3nccs3)C2)CN1c1ccc2c(c1)OCO2. The fraction of sp³-hybridized carbons (Fsp3) is 0.444. The molecule has 1 spiro atoms. The van der Waals surface area contributed by atoms with E-state index < -0.39 is 0 Å². The molecule has 4 heterocycles. The summed E-state index contributed by atoms with van der Waals surface area (Å²) < 4.78 is 10.8. The van der Waals surface area contributed by atoms with Gasteiger partial charge in [-0.15, -0.1) is 11.3 Å². The molecule has 1 atom stereocenters. The number of amides is 1. The van der Waals surface area contributed by atoms with Crippen LogP contribution in [0, 0.1) is 5.41 Å². The molecule has 2 saturated heterocycles. The van der Waals surface area contributed by atoms with Crippen molar-refractivity contribution in [2.24, 2.45) is 5.41 Å². The summed E-state index contributed by atoms with van der Waals surface area (Å²) >= 11 is 1.69. The first-order valence-electron chi connectivity index (χ1n) is 8.52. The second kappa shape index (κ2) is 5.71. The maximum absolute atomic E-state index is 12.7. The summed E-state index contributed by atoms with van der Waals surface area (Å²) in [5.74, 6) is 1.68. The predicted molar refractivity (Wildman–Crippen MR) is 94.0 cm³/mol. The lowest BCUT2D eigenvalue weighted by Gasteiger charge is -2.24. The lowest BCUT2D eigenvalue weighted by molar-refractivity contribution is -0.117. The number of fused-ring (bicyclic) bond motifs is 1. The number of rotatable bonds is 3. The molecule has 3 aliphatic rings. The number of carbonyl (C=O) groups is 1. The van der Waals surface area contributed by atoms with Crippen LogP contribution in [0.25, 0.3) is 0 Å². The Morgan fingerprint density at radius 2 is 2.16 bits per heavy atom. The average Bonchev–Trinajstić information content (AvgIpc) is 3.37. The second-order valence-electron chi connectivity index (χ2n) is 7.08. The molecule has 3 aliphatic heterocycles. The molecule has 0 unspecified atom stereocenters. The van der Waals surface area contributed by atoms with Crippen molar-refractivity contribution in [2.75, 3.05) is 31.3 Å². The lowest BCUT2D eigenvalue weighted by Crippen LogP contribution is -2.31. The van der Waals surface area contributed by atoms with Crippen molar-refractivity contribution < 1.29 is 14.3 Å². The van der Waals surface area contributed by atoms with Gasteiger partial charge in [0.2, 0.25) is 12.7 Å². The molecule has 0 saturated carbocycles. The molecule has 0 aliphatic carbocycles. The normalized spacial score (nSPS) is 25.4. The first-order valence-corrected chi connectivity index (χ1v) is 9.40. The lowest BCUT2D eigenvalue weighted by atomic mass is 9.86. The Balaban J connectivity index is 1.32. The van der Waals surface area contributed by atoms with Crippen molar-refractivity contribution in [3.05, 3.63) is 34.8 Å². The first-order chi connectivity index (χ1) is 12.2. The Hall–Kier alpha value is -2.12. The highest BCUT2D eigenvalue weighted by molar-refractivity contribution is 7.09. The molecule has 1 amide bonds. The van der Waals surface area contributed by atoms with E-state index >= 15 is 0 Å². The number of thiazole rings is 1. The summed E-state index contributed by atoms with van der Waals surface area (Å²) in [4.78, 5) is 21.4. The van der Waals surface area contributed by atoms with Crippen molar-refractivity contribution in [3.63, 3.8) is 0 Å². The average molecular weight is 357 g/mol. The Morgan fingerprint density at radius 3 is 3.04 bits per heavy atom. The number of nitrogens with zero attached hydrogens (tertiary/aromatic N) is 3. The summed E-state index contributed by atoms with van der Waals surface area (Å²) in [5.41, 5.74) is 0.967. The molecule has 130 valence electrons. The fourth-order valence-electron chi connectivity index (χ4n) is 4.14. The van der Waals surface area contributed by atoms with E-state index in [9.17, 15) is 4.79 Å². The van der Waals surface area contributed by atoms with Crippen LogP contribution in [0.5, 0.6) is 11.5 Å². The van der Waals surface area contributed by atoms with Gasteiger partial charge in [0.25, 0.3) is 0 Å². The zero-order valence-corrected chi connectivity index (χ0v) is 14.6. The van der Waals surface area contributed by atoms with Crippen LogP contribution in [0.1, 0.15) is 17.8 Å². The van der Waals surface area contributed by atoms with E-state index in [0.29, 0.717) is 6.42 Å². The van der Waals surface area contributed by atoms with E-state index in [2.05, 4.69) is 9.88 Å². The van der Waals surface area contributed by atoms with Crippen LogP contribution in [0.15, 0.2) is 29.8 Å². The van der Waals surface area contributed by atoms with Crippen molar-refractivity contribution in [2.45, 2.75) is 19.4 Å². The molecule has 5 rings (SSSR count). The van der Waals surface area contributed by atoms with Crippen LogP contribution in [-0.4, -0.2) is 42.2 Å². The molecule has 2 aromatic rings. The van der Waals surface area contributed by atoms with Gasteiger partial charge in [0.1, 0.15) is 5.01 Å². The Labute approximate surface area is 150 Å². The van der Waals surface area contributed by atoms with Crippen LogP contribution < -0.4 is 14.4 Å². The zero-order chi connectivity index (χ0) is 16.9. The van der Waals surface area contributed by atoms with Crippen LogP contribution in [-0.2, 0) is 11.3 Å². The molecule has 25 heavy (non-hydrogen) atoms. The molecular weight excluding hydrogens is 338 g/mol. The van der Waals surface area contributed by atoms with Gasteiger partial charge in [-0.05, 0) is 25.1 Å². The van der Waals surface area contributed by atoms with Gasteiger partial charge in [-0.1, -0.05) is 0 Å². The number of ether oxygens (including phenoxy) is 2. The fourth-order valence-corrected chi connectivity index (χ4v) is 4.80. The maximum atomic E-state index is 12.7. The number of anilines is 1. The largest absolute Gasteiger partial charge is 0.454 e. The highest BCUT2D eigenvalue weighted by Gasteiger charge is 2.47. The van der Waals surface area contributed by atoms with Gasteiger partial charge in [-0.25, -0.2) is 4.98 Å². The summed E-state index contributed by atoms with van der Waals surface area (Å²) in [6.45, 7) is 3.90. The number of benzene rings is 1. The van der Waals surface area contributed by atoms with E-state index in [-0.39, 0.29) is 18.1 Å². The molecular formula is C18H19N3O3S. The van der Waals surface area contributed by atoms with Crippen molar-refractivity contribution in [1.82, 2.24) is 9.88 Å². The molecule has 7 heteroatoms. The third kappa shape index (κ3) is 2.67. The molecule has 2 fully saturated rings. The van der Waals surface area contributed by atoms with Crippen LogP contribution in [0.2, 0.25) is 0 Å². The minimum atomic E-state index is 0.0602. The number of likely N-dealkylation sites (tertiary alicyclic amines) is 1. The standard InChI is InChI=1S/C18H19N3O3S/c22-17-8-18(3-5-20(10-18)9-16-19-4-6-25-16)11-21(17)13-1-2-14-15(7-13)24-12-23-14/h1-2,4,6-7H,3,5,8-12H2/t18-/m1/s1. The quantitative estimate of drug-likeness (QED) is 0.845. The Kier molecular flexibility index (Phi) is 3.46. The summed E-state index contributed by atoms with van der Waals surface area (Å²) in [7, 11) is 0. The van der Waals surface area contributed by atoms with Crippen LogP contribution in [0.3, 0.4) is 0 Å². The van der Waals surface area contributed by atoms with E-state index in [0.717, 1.165) is 54.8 Å². The van der Waals surface area contributed by atoms with Gasteiger partial charge in [0, 0.05) is 48.3 Å². The number of carbonyl (C=O) groups excluding carboxylic acids is 1. The summed E-state index contributed by atoms with van der Waals surface area (Å²) in [6.07, 6.45) is 3.54. The molecule has 0 bridgehead atoms. The van der Waals surface area contributed by atoms with E-state index in [1.807, 2.05) is 34.7 Å². The molecule has 6 nitrogen and oxygen atoms in total. The first kappa shape index (κ1) is 15.2. The smallest absolute Gasteiger partial charge is 0.231 e. The third-order valence-electron chi connectivity index (χ3n) is 5.35. The summed E-state index contributed by atoms with van der Waals surface area (Å²) in [6, 6.07) is 5.76. The molecule has 1 aromatic heterocycles. The van der Waals surface area contributed by atoms with Gasteiger partial charge in [0.05, 0.1) is 6.54 Å². The van der Waals surface area contributed by atoms with Gasteiger partial charge in [0.15, 0.2) is 11.5 Å². The Morgan fingerprint density at radius 1 is 1.24 bits per heavy atom. The molecule has 0 radical (unpaired) electrons. The second-order valence-corrected chi connectivity index (χ2v) is 8.06. The molecule has 1 aromatic carbocycles. The number of hydrogen-bond acceptors (Lipinski definition) is 6. The maximum Gasteiger partial charge on any atom is 0.231 e. The van der Waals surface area contributed by atoms with Gasteiger partial charge >= 0.3 is 0 Å². The minimum absolute atomic E-state index is 0.0602. The zero-order valence-electron chi connectivity index (χ0n) is 13.8. The predicted octanol–water partition coefficient (Wildman–Crippen LogP) is 2.50.